The highest BCUT2D eigenvalue weighted by atomic mass is 79.9. The van der Waals surface area contributed by atoms with Gasteiger partial charge < -0.3 is 14.8 Å². The first-order chi connectivity index (χ1) is 8.15. The molecular weight excluding hydrogens is 296 g/mol. The fourth-order valence-electron chi connectivity index (χ4n) is 1.20. The van der Waals surface area contributed by atoms with Crippen molar-refractivity contribution in [2.45, 2.75) is 0 Å². The fraction of sp³-hybridized carbons (Fsp3) is 0.455. The highest BCUT2D eigenvalue weighted by Crippen LogP contribution is 2.26. The smallest absolute Gasteiger partial charge is 0.150 e. The minimum atomic E-state index is -0.631. The van der Waals surface area contributed by atoms with Gasteiger partial charge in [-0.3, -0.25) is 0 Å². The van der Waals surface area contributed by atoms with Gasteiger partial charge in [-0.25, -0.2) is 8.78 Å². The molecule has 0 radical (unpaired) electrons. The number of rotatable bonds is 7. The summed E-state index contributed by atoms with van der Waals surface area (Å²) >= 11 is 3.09. The van der Waals surface area contributed by atoms with E-state index in [1.807, 2.05) is 0 Å². The van der Waals surface area contributed by atoms with Crippen LogP contribution in [0.3, 0.4) is 0 Å². The highest BCUT2D eigenvalue weighted by molar-refractivity contribution is 9.10. The van der Waals surface area contributed by atoms with Crippen LogP contribution in [-0.4, -0.2) is 33.5 Å². The molecule has 0 spiro atoms. The number of ether oxygens (including phenoxy) is 2. The van der Waals surface area contributed by atoms with Crippen molar-refractivity contribution in [3.63, 3.8) is 0 Å². The fourth-order valence-corrected chi connectivity index (χ4v) is 1.75. The number of methoxy groups -OCH3 is 1. The Kier molecular flexibility index (Phi) is 6.39. The Hall–Kier alpha value is -0.720. The van der Waals surface area contributed by atoms with E-state index in [1.54, 1.807) is 7.11 Å². The molecule has 3 nitrogen and oxygen atoms in total. The summed E-state index contributed by atoms with van der Waals surface area (Å²) in [6.07, 6.45) is 0. The number of halogens is 3. The predicted molar refractivity (Wildman–Crippen MR) is 65.2 cm³/mol. The van der Waals surface area contributed by atoms with E-state index in [0.717, 1.165) is 6.07 Å². The van der Waals surface area contributed by atoms with Crippen LogP contribution in [-0.2, 0) is 9.47 Å². The van der Waals surface area contributed by atoms with Gasteiger partial charge in [-0.2, -0.15) is 0 Å². The summed E-state index contributed by atoms with van der Waals surface area (Å²) in [5.74, 6) is -1.25. The van der Waals surface area contributed by atoms with Crippen molar-refractivity contribution < 1.29 is 18.3 Å². The van der Waals surface area contributed by atoms with Crippen molar-refractivity contribution >= 4 is 21.6 Å². The van der Waals surface area contributed by atoms with Crippen molar-refractivity contribution in [2.24, 2.45) is 0 Å². The van der Waals surface area contributed by atoms with Crippen molar-refractivity contribution in [2.75, 3.05) is 38.8 Å². The normalized spacial score (nSPS) is 10.6. The van der Waals surface area contributed by atoms with E-state index < -0.39 is 11.6 Å². The average molecular weight is 310 g/mol. The maximum absolute atomic E-state index is 13.3. The summed E-state index contributed by atoms with van der Waals surface area (Å²) in [5, 5.41) is 2.83. The molecule has 0 fully saturated rings. The SMILES string of the molecule is COCCOCCNc1c(F)cc(F)cc1Br. The molecule has 1 aromatic rings. The molecule has 0 saturated carbocycles. The van der Waals surface area contributed by atoms with Crippen LogP contribution in [0.5, 0.6) is 0 Å². The van der Waals surface area contributed by atoms with E-state index >= 15 is 0 Å². The molecule has 1 N–H and O–H groups in total. The lowest BCUT2D eigenvalue weighted by Gasteiger charge is -2.10. The lowest BCUT2D eigenvalue weighted by molar-refractivity contribution is 0.0759. The molecule has 0 aliphatic heterocycles. The molecule has 6 heteroatoms. The van der Waals surface area contributed by atoms with Crippen molar-refractivity contribution in [1.29, 1.82) is 0 Å². The summed E-state index contributed by atoms with van der Waals surface area (Å²) in [6, 6.07) is 2.04. The summed E-state index contributed by atoms with van der Waals surface area (Å²) in [4.78, 5) is 0. The molecule has 0 unspecified atom stereocenters. The van der Waals surface area contributed by atoms with E-state index in [2.05, 4.69) is 21.2 Å². The van der Waals surface area contributed by atoms with Crippen LogP contribution in [0, 0.1) is 11.6 Å². The van der Waals surface area contributed by atoms with Gasteiger partial charge in [-0.05, 0) is 22.0 Å². The molecule has 0 heterocycles. The van der Waals surface area contributed by atoms with Crippen molar-refractivity contribution in [3.8, 4) is 0 Å². The van der Waals surface area contributed by atoms with Crippen LogP contribution >= 0.6 is 15.9 Å². The van der Waals surface area contributed by atoms with E-state index in [-0.39, 0.29) is 5.69 Å². The third-order valence-electron chi connectivity index (χ3n) is 1.99. The Morgan fingerprint density at radius 1 is 1.24 bits per heavy atom. The predicted octanol–water partition coefficient (Wildman–Crippen LogP) is 2.80. The Morgan fingerprint density at radius 3 is 2.65 bits per heavy atom. The Bertz CT molecular complexity index is 340. The van der Waals surface area contributed by atoms with Gasteiger partial charge in [-0.15, -0.1) is 0 Å². The van der Waals surface area contributed by atoms with Crippen LogP contribution in [0.2, 0.25) is 0 Å². The van der Waals surface area contributed by atoms with Gasteiger partial charge in [0.1, 0.15) is 11.6 Å². The van der Waals surface area contributed by atoms with Gasteiger partial charge in [0, 0.05) is 24.2 Å². The molecule has 96 valence electrons. The molecule has 0 bridgehead atoms. The molecular formula is C11H14BrF2NO2. The highest BCUT2D eigenvalue weighted by Gasteiger charge is 2.08. The average Bonchev–Trinajstić information content (AvgIpc) is 2.26. The summed E-state index contributed by atoms with van der Waals surface area (Å²) in [7, 11) is 1.59. The number of hydrogen-bond donors (Lipinski definition) is 1. The molecule has 0 aromatic heterocycles. The lowest BCUT2D eigenvalue weighted by Crippen LogP contribution is -2.13. The second-order valence-electron chi connectivity index (χ2n) is 3.28. The Labute approximate surface area is 107 Å². The third kappa shape index (κ3) is 4.97. The number of hydrogen-bond acceptors (Lipinski definition) is 3. The number of nitrogens with one attached hydrogen (secondary N) is 1. The first-order valence-electron chi connectivity index (χ1n) is 5.10. The zero-order valence-electron chi connectivity index (χ0n) is 9.43. The monoisotopic (exact) mass is 309 g/mol. The molecule has 0 aliphatic rings. The molecule has 0 amide bonds. The summed E-state index contributed by atoms with van der Waals surface area (Å²) in [5.41, 5.74) is 0.238. The number of benzene rings is 1. The second-order valence-corrected chi connectivity index (χ2v) is 4.13. The van der Waals surface area contributed by atoms with Crippen LogP contribution < -0.4 is 5.32 Å². The summed E-state index contributed by atoms with van der Waals surface area (Å²) < 4.78 is 36.5. The molecule has 17 heavy (non-hydrogen) atoms. The van der Waals surface area contributed by atoms with Crippen LogP contribution in [0.15, 0.2) is 16.6 Å². The maximum atomic E-state index is 13.3. The minimum absolute atomic E-state index is 0.238. The second kappa shape index (κ2) is 7.58. The van der Waals surface area contributed by atoms with Gasteiger partial charge in [0.2, 0.25) is 0 Å². The quantitative estimate of drug-likeness (QED) is 0.786. The van der Waals surface area contributed by atoms with E-state index in [9.17, 15) is 8.78 Å². The molecule has 0 atom stereocenters. The zero-order valence-corrected chi connectivity index (χ0v) is 11.0. The van der Waals surface area contributed by atoms with Crippen molar-refractivity contribution in [1.82, 2.24) is 0 Å². The van der Waals surface area contributed by atoms with Gasteiger partial charge in [0.25, 0.3) is 0 Å². The van der Waals surface area contributed by atoms with E-state index in [4.69, 9.17) is 9.47 Å². The van der Waals surface area contributed by atoms with Gasteiger partial charge in [-0.1, -0.05) is 0 Å². The lowest BCUT2D eigenvalue weighted by atomic mass is 10.3. The van der Waals surface area contributed by atoms with Gasteiger partial charge in [0.15, 0.2) is 0 Å². The van der Waals surface area contributed by atoms with Gasteiger partial charge in [0.05, 0.1) is 25.5 Å². The first-order valence-corrected chi connectivity index (χ1v) is 5.89. The van der Waals surface area contributed by atoms with E-state index in [0.29, 0.717) is 30.8 Å². The third-order valence-corrected chi connectivity index (χ3v) is 2.61. The largest absolute Gasteiger partial charge is 0.382 e. The molecule has 1 rings (SSSR count). The maximum Gasteiger partial charge on any atom is 0.150 e. The number of anilines is 1. The first kappa shape index (κ1) is 14.3. The van der Waals surface area contributed by atoms with Crippen LogP contribution in [0.1, 0.15) is 0 Å². The zero-order chi connectivity index (χ0) is 12.7. The van der Waals surface area contributed by atoms with Gasteiger partial charge >= 0.3 is 0 Å². The summed E-state index contributed by atoms with van der Waals surface area (Å²) in [6.45, 7) is 1.87. The minimum Gasteiger partial charge on any atom is -0.382 e. The Balaban J connectivity index is 2.36. The molecule has 0 saturated heterocycles. The topological polar surface area (TPSA) is 30.5 Å². The molecule has 1 aromatic carbocycles. The standard InChI is InChI=1S/C11H14BrF2NO2/c1-16-4-5-17-3-2-15-11-9(12)6-8(13)7-10(11)14/h6-7,15H,2-5H2,1H3. The van der Waals surface area contributed by atoms with E-state index in [1.165, 1.54) is 6.07 Å². The van der Waals surface area contributed by atoms with Crippen LogP contribution in [0.4, 0.5) is 14.5 Å². The molecule has 0 aliphatic carbocycles. The Morgan fingerprint density at radius 2 is 2.00 bits per heavy atom. The van der Waals surface area contributed by atoms with Crippen molar-refractivity contribution in [3.05, 3.63) is 28.2 Å². The van der Waals surface area contributed by atoms with Crippen LogP contribution in [0.25, 0.3) is 0 Å².